The third kappa shape index (κ3) is 2.54. The topological polar surface area (TPSA) is 66.5 Å². The molecule has 1 atom stereocenters. The Kier molecular flexibility index (Phi) is 3.69. The first-order valence-electron chi connectivity index (χ1n) is 6.73. The zero-order chi connectivity index (χ0) is 13.4. The van der Waals surface area contributed by atoms with E-state index in [1.165, 1.54) is 0 Å². The molecule has 1 saturated carbocycles. The van der Waals surface area contributed by atoms with E-state index >= 15 is 0 Å². The standard InChI is InChI=1S/C12H22N2O3S/c1-3-5-10-13-12(6-7-12)11(15)14(10)8-9-18(16,17)4-2/h10,13H,3-9H2,1-2H3. The van der Waals surface area contributed by atoms with Crippen LogP contribution in [0.4, 0.5) is 0 Å². The molecule has 2 rings (SSSR count). The van der Waals surface area contributed by atoms with Gasteiger partial charge in [0.25, 0.3) is 0 Å². The van der Waals surface area contributed by atoms with Crippen molar-refractivity contribution < 1.29 is 13.2 Å². The molecule has 1 saturated heterocycles. The van der Waals surface area contributed by atoms with Gasteiger partial charge in [0.05, 0.1) is 17.5 Å². The Morgan fingerprint density at radius 3 is 2.56 bits per heavy atom. The van der Waals surface area contributed by atoms with Gasteiger partial charge in [0, 0.05) is 12.3 Å². The van der Waals surface area contributed by atoms with Gasteiger partial charge in [-0.15, -0.1) is 0 Å². The second-order valence-corrected chi connectivity index (χ2v) is 7.74. The Bertz CT molecular complexity index is 429. The van der Waals surface area contributed by atoms with Gasteiger partial charge in [-0.05, 0) is 19.3 Å². The van der Waals surface area contributed by atoms with Gasteiger partial charge in [-0.3, -0.25) is 10.1 Å². The molecule has 0 radical (unpaired) electrons. The zero-order valence-electron chi connectivity index (χ0n) is 11.1. The van der Waals surface area contributed by atoms with E-state index in [9.17, 15) is 13.2 Å². The number of nitrogens with one attached hydrogen (secondary N) is 1. The molecule has 6 heteroatoms. The second-order valence-electron chi connectivity index (χ2n) is 5.27. The van der Waals surface area contributed by atoms with E-state index in [1.807, 2.05) is 0 Å². The molecule has 1 aliphatic heterocycles. The zero-order valence-corrected chi connectivity index (χ0v) is 11.9. The number of amides is 1. The van der Waals surface area contributed by atoms with E-state index in [2.05, 4.69) is 12.2 Å². The Hall–Kier alpha value is -0.620. The summed E-state index contributed by atoms with van der Waals surface area (Å²) < 4.78 is 23.1. The first-order chi connectivity index (χ1) is 8.44. The molecule has 1 spiro atoms. The van der Waals surface area contributed by atoms with Gasteiger partial charge in [-0.25, -0.2) is 8.42 Å². The molecule has 1 aliphatic carbocycles. The SMILES string of the molecule is CCCC1NC2(CC2)C(=O)N1CCS(=O)(=O)CC. The fraction of sp³-hybridized carbons (Fsp3) is 0.917. The van der Waals surface area contributed by atoms with E-state index < -0.39 is 9.84 Å². The number of carbonyl (C=O) groups is 1. The molecule has 0 aromatic heterocycles. The third-order valence-electron chi connectivity index (χ3n) is 3.88. The average Bonchev–Trinajstić information content (AvgIpc) is 3.04. The summed E-state index contributed by atoms with van der Waals surface area (Å²) in [4.78, 5) is 14.0. The third-order valence-corrected chi connectivity index (χ3v) is 5.57. The van der Waals surface area contributed by atoms with Gasteiger partial charge in [-0.2, -0.15) is 0 Å². The number of sulfone groups is 1. The number of nitrogens with zero attached hydrogens (tertiary/aromatic N) is 1. The van der Waals surface area contributed by atoms with E-state index in [-0.39, 0.29) is 29.1 Å². The van der Waals surface area contributed by atoms with Gasteiger partial charge in [-0.1, -0.05) is 20.3 Å². The molecule has 1 unspecified atom stereocenters. The van der Waals surface area contributed by atoms with Crippen molar-refractivity contribution in [1.29, 1.82) is 0 Å². The van der Waals surface area contributed by atoms with Crippen molar-refractivity contribution in [1.82, 2.24) is 10.2 Å². The van der Waals surface area contributed by atoms with Crippen LogP contribution in [0.5, 0.6) is 0 Å². The highest BCUT2D eigenvalue weighted by atomic mass is 32.2. The largest absolute Gasteiger partial charge is 0.325 e. The fourth-order valence-electron chi connectivity index (χ4n) is 2.50. The molecule has 104 valence electrons. The van der Waals surface area contributed by atoms with Crippen molar-refractivity contribution in [3.63, 3.8) is 0 Å². The van der Waals surface area contributed by atoms with Gasteiger partial charge in [0.2, 0.25) is 5.91 Å². The summed E-state index contributed by atoms with van der Waals surface area (Å²) in [6.45, 7) is 4.05. The molecule has 0 bridgehead atoms. The van der Waals surface area contributed by atoms with E-state index in [1.54, 1.807) is 11.8 Å². The van der Waals surface area contributed by atoms with Crippen LogP contribution in [0, 0.1) is 0 Å². The number of hydrogen-bond acceptors (Lipinski definition) is 4. The van der Waals surface area contributed by atoms with Crippen LogP contribution in [0.3, 0.4) is 0 Å². The van der Waals surface area contributed by atoms with Crippen LogP contribution < -0.4 is 5.32 Å². The molecule has 2 fully saturated rings. The molecule has 2 aliphatic rings. The molecule has 0 aromatic rings. The minimum atomic E-state index is -3.01. The highest BCUT2D eigenvalue weighted by molar-refractivity contribution is 7.91. The van der Waals surface area contributed by atoms with Crippen LogP contribution in [0.1, 0.15) is 39.5 Å². The lowest BCUT2D eigenvalue weighted by Gasteiger charge is -2.23. The van der Waals surface area contributed by atoms with Crippen molar-refractivity contribution in [3.05, 3.63) is 0 Å². The first kappa shape index (κ1) is 13.8. The van der Waals surface area contributed by atoms with Crippen molar-refractivity contribution in [3.8, 4) is 0 Å². The smallest absolute Gasteiger partial charge is 0.244 e. The summed E-state index contributed by atoms with van der Waals surface area (Å²) in [6.07, 6.45) is 3.68. The van der Waals surface area contributed by atoms with Crippen molar-refractivity contribution in [2.24, 2.45) is 0 Å². The van der Waals surface area contributed by atoms with Crippen molar-refractivity contribution in [2.45, 2.75) is 51.2 Å². The molecular weight excluding hydrogens is 252 g/mol. The summed E-state index contributed by atoms with van der Waals surface area (Å²) in [5.74, 6) is 0.325. The lowest BCUT2D eigenvalue weighted by Crippen LogP contribution is -2.40. The van der Waals surface area contributed by atoms with Crippen LogP contribution in [0.15, 0.2) is 0 Å². The molecule has 5 nitrogen and oxygen atoms in total. The van der Waals surface area contributed by atoms with Crippen LogP contribution in [-0.4, -0.2) is 49.0 Å². The maximum Gasteiger partial charge on any atom is 0.244 e. The predicted octanol–water partition coefficient (Wildman–Crippen LogP) is 0.512. The molecule has 0 aromatic carbocycles. The fourth-order valence-corrected chi connectivity index (χ4v) is 3.26. The molecule has 1 N–H and O–H groups in total. The van der Waals surface area contributed by atoms with Gasteiger partial charge >= 0.3 is 0 Å². The van der Waals surface area contributed by atoms with E-state index in [0.717, 1.165) is 25.7 Å². The normalized spacial score (nSPS) is 26.0. The van der Waals surface area contributed by atoms with Crippen molar-refractivity contribution >= 4 is 15.7 Å². The Balaban J connectivity index is 2.02. The van der Waals surface area contributed by atoms with Crippen molar-refractivity contribution in [2.75, 3.05) is 18.1 Å². The lowest BCUT2D eigenvalue weighted by molar-refractivity contribution is -0.130. The van der Waals surface area contributed by atoms with Crippen LogP contribution in [0.25, 0.3) is 0 Å². The highest BCUT2D eigenvalue weighted by Crippen LogP contribution is 2.42. The summed E-state index contributed by atoms with van der Waals surface area (Å²) in [5.41, 5.74) is -0.337. The Morgan fingerprint density at radius 2 is 2.06 bits per heavy atom. The molecule has 18 heavy (non-hydrogen) atoms. The molecule has 1 heterocycles. The predicted molar refractivity (Wildman–Crippen MR) is 69.8 cm³/mol. The summed E-state index contributed by atoms with van der Waals surface area (Å²) in [6, 6.07) is 0. The monoisotopic (exact) mass is 274 g/mol. The van der Waals surface area contributed by atoms with Crippen LogP contribution >= 0.6 is 0 Å². The minimum Gasteiger partial charge on any atom is -0.325 e. The first-order valence-corrected chi connectivity index (χ1v) is 8.55. The van der Waals surface area contributed by atoms with Gasteiger partial charge in [0.1, 0.15) is 0 Å². The summed E-state index contributed by atoms with van der Waals surface area (Å²) in [7, 11) is -3.01. The summed E-state index contributed by atoms with van der Waals surface area (Å²) >= 11 is 0. The van der Waals surface area contributed by atoms with Crippen LogP contribution in [-0.2, 0) is 14.6 Å². The second kappa shape index (κ2) is 4.81. The number of carbonyl (C=O) groups excluding carboxylic acids is 1. The molecule has 1 amide bonds. The Labute approximate surface area is 109 Å². The van der Waals surface area contributed by atoms with Gasteiger partial charge in [0.15, 0.2) is 9.84 Å². The average molecular weight is 274 g/mol. The van der Waals surface area contributed by atoms with Crippen LogP contribution in [0.2, 0.25) is 0 Å². The van der Waals surface area contributed by atoms with E-state index in [4.69, 9.17) is 0 Å². The highest BCUT2D eigenvalue weighted by Gasteiger charge is 2.58. The quantitative estimate of drug-likeness (QED) is 0.766. The minimum absolute atomic E-state index is 0.0251. The number of hydrogen-bond donors (Lipinski definition) is 1. The Morgan fingerprint density at radius 1 is 1.39 bits per heavy atom. The van der Waals surface area contributed by atoms with Gasteiger partial charge < -0.3 is 4.90 Å². The summed E-state index contributed by atoms with van der Waals surface area (Å²) in [5, 5.41) is 3.38. The maximum atomic E-state index is 12.2. The lowest BCUT2D eigenvalue weighted by atomic mass is 10.2. The van der Waals surface area contributed by atoms with E-state index in [0.29, 0.717) is 6.54 Å². The number of rotatable bonds is 6. The maximum absolute atomic E-state index is 12.2. The molecular formula is C12H22N2O3S.